The number of aromatic nitrogens is 1. The number of hydrogen-bond acceptors (Lipinski definition) is 3. The van der Waals surface area contributed by atoms with Gasteiger partial charge < -0.3 is 10.2 Å². The Labute approximate surface area is 166 Å². The summed E-state index contributed by atoms with van der Waals surface area (Å²) >= 11 is 0. The molecule has 0 saturated carbocycles. The van der Waals surface area contributed by atoms with E-state index in [0.717, 1.165) is 48.1 Å². The van der Waals surface area contributed by atoms with Gasteiger partial charge in [-0.15, -0.1) is 0 Å². The molecule has 4 nitrogen and oxygen atoms in total. The topological polar surface area (TPSA) is 45.2 Å². The average Bonchev–Trinajstić information content (AvgIpc) is 2.99. The van der Waals surface area contributed by atoms with Gasteiger partial charge in [-0.1, -0.05) is 37.1 Å². The van der Waals surface area contributed by atoms with Crippen LogP contribution in [0.4, 0.5) is 11.5 Å². The molecule has 0 bridgehead atoms. The van der Waals surface area contributed by atoms with Gasteiger partial charge in [0, 0.05) is 24.2 Å². The zero-order chi connectivity index (χ0) is 19.5. The molecule has 0 spiro atoms. The molecule has 0 radical (unpaired) electrons. The van der Waals surface area contributed by atoms with Crippen molar-refractivity contribution in [1.82, 2.24) is 9.88 Å². The molecule has 0 unspecified atom stereocenters. The lowest BCUT2D eigenvalue weighted by Crippen LogP contribution is -2.32. The maximum atomic E-state index is 13.3. The predicted octanol–water partition coefficient (Wildman–Crippen LogP) is 5.61. The Bertz CT molecular complexity index is 1000. The van der Waals surface area contributed by atoms with E-state index in [0.29, 0.717) is 5.82 Å². The van der Waals surface area contributed by atoms with E-state index in [-0.39, 0.29) is 5.91 Å². The minimum Gasteiger partial charge on any atom is -0.340 e. The molecule has 1 aliphatic rings. The van der Waals surface area contributed by atoms with Gasteiger partial charge in [-0.25, -0.2) is 4.98 Å². The lowest BCUT2D eigenvalue weighted by molar-refractivity contribution is 0.0763. The van der Waals surface area contributed by atoms with Crippen LogP contribution in [0.1, 0.15) is 47.2 Å². The van der Waals surface area contributed by atoms with Crippen molar-refractivity contribution in [3.8, 4) is 0 Å². The van der Waals surface area contributed by atoms with Crippen molar-refractivity contribution < 1.29 is 4.79 Å². The number of fused-ring (bicyclic) bond motifs is 1. The molecule has 1 amide bonds. The number of nitrogens with one attached hydrogen (secondary N) is 1. The maximum Gasteiger partial charge on any atom is 0.254 e. The lowest BCUT2D eigenvalue weighted by atomic mass is 10.1. The minimum absolute atomic E-state index is 0.114. The third kappa shape index (κ3) is 3.86. The van der Waals surface area contributed by atoms with Gasteiger partial charge in [0.2, 0.25) is 0 Å². The number of pyridine rings is 1. The Morgan fingerprint density at radius 1 is 0.929 bits per heavy atom. The fraction of sp³-hybridized carbons (Fsp3) is 0.333. The number of carbonyl (C=O) groups is 1. The smallest absolute Gasteiger partial charge is 0.254 e. The number of para-hydroxylation sites is 1. The van der Waals surface area contributed by atoms with Crippen LogP contribution >= 0.6 is 0 Å². The van der Waals surface area contributed by atoms with Gasteiger partial charge >= 0.3 is 0 Å². The number of likely N-dealkylation sites (tertiary alicyclic amines) is 1. The molecular weight excluding hydrogens is 346 g/mol. The molecule has 4 rings (SSSR count). The fourth-order valence-corrected chi connectivity index (χ4v) is 3.83. The lowest BCUT2D eigenvalue weighted by Gasteiger charge is -2.21. The molecule has 2 aromatic carbocycles. The second-order valence-corrected chi connectivity index (χ2v) is 7.70. The molecule has 1 aliphatic heterocycles. The molecule has 3 aromatic rings. The highest BCUT2D eigenvalue weighted by Gasteiger charge is 2.20. The SMILES string of the molecule is Cc1ccc(Nc2cc(C(=O)N3CCCCCC3)c3ccccc3n2)cc1C. The largest absolute Gasteiger partial charge is 0.340 e. The minimum atomic E-state index is 0.114. The average molecular weight is 374 g/mol. The molecule has 2 heterocycles. The standard InChI is InChI=1S/C24H27N3O/c1-17-11-12-19(15-18(17)2)25-23-16-21(20-9-5-6-10-22(20)26-23)24(28)27-13-7-3-4-8-14-27/h5-6,9-12,15-16H,3-4,7-8,13-14H2,1-2H3,(H,25,26). The van der Waals surface area contributed by atoms with Crippen LogP contribution in [0, 0.1) is 13.8 Å². The highest BCUT2D eigenvalue weighted by Crippen LogP contribution is 2.26. The third-order valence-corrected chi connectivity index (χ3v) is 5.62. The number of carbonyl (C=O) groups excluding carboxylic acids is 1. The molecular formula is C24H27N3O. The number of rotatable bonds is 3. The zero-order valence-electron chi connectivity index (χ0n) is 16.7. The first-order valence-electron chi connectivity index (χ1n) is 10.2. The Hall–Kier alpha value is -2.88. The molecule has 1 aromatic heterocycles. The molecule has 144 valence electrons. The van der Waals surface area contributed by atoms with Crippen molar-refractivity contribution in [1.29, 1.82) is 0 Å². The van der Waals surface area contributed by atoms with Gasteiger partial charge in [0.05, 0.1) is 11.1 Å². The number of benzene rings is 2. The number of aryl methyl sites for hydroxylation is 2. The first kappa shape index (κ1) is 18.5. The second-order valence-electron chi connectivity index (χ2n) is 7.70. The number of nitrogens with zero attached hydrogens (tertiary/aromatic N) is 2. The van der Waals surface area contributed by atoms with Crippen LogP contribution in [-0.2, 0) is 0 Å². The van der Waals surface area contributed by atoms with Crippen LogP contribution in [0.2, 0.25) is 0 Å². The van der Waals surface area contributed by atoms with E-state index in [9.17, 15) is 4.79 Å². The van der Waals surface area contributed by atoms with Gasteiger partial charge in [-0.3, -0.25) is 4.79 Å². The van der Waals surface area contributed by atoms with E-state index in [1.54, 1.807) is 0 Å². The summed E-state index contributed by atoms with van der Waals surface area (Å²) in [6, 6.07) is 16.1. The van der Waals surface area contributed by atoms with Crippen LogP contribution in [-0.4, -0.2) is 28.9 Å². The summed E-state index contributed by atoms with van der Waals surface area (Å²) in [7, 11) is 0. The zero-order valence-corrected chi connectivity index (χ0v) is 16.7. The van der Waals surface area contributed by atoms with E-state index >= 15 is 0 Å². The fourth-order valence-electron chi connectivity index (χ4n) is 3.83. The Morgan fingerprint density at radius 2 is 1.68 bits per heavy atom. The van der Waals surface area contributed by atoms with Crippen LogP contribution in [0.15, 0.2) is 48.5 Å². The summed E-state index contributed by atoms with van der Waals surface area (Å²) < 4.78 is 0. The van der Waals surface area contributed by atoms with Crippen LogP contribution in [0.25, 0.3) is 10.9 Å². The van der Waals surface area contributed by atoms with Gasteiger partial charge in [0.1, 0.15) is 5.82 Å². The van der Waals surface area contributed by atoms with Crippen molar-refractivity contribution in [3.05, 3.63) is 65.2 Å². The molecule has 0 aliphatic carbocycles. The normalized spacial score (nSPS) is 14.7. The Morgan fingerprint density at radius 3 is 2.43 bits per heavy atom. The van der Waals surface area contributed by atoms with E-state index < -0.39 is 0 Å². The van der Waals surface area contributed by atoms with Gasteiger partial charge in [-0.2, -0.15) is 0 Å². The summed E-state index contributed by atoms with van der Waals surface area (Å²) in [5, 5.41) is 4.31. The Balaban J connectivity index is 1.72. The maximum absolute atomic E-state index is 13.3. The van der Waals surface area contributed by atoms with E-state index in [2.05, 4.69) is 37.4 Å². The molecule has 1 fully saturated rings. The highest BCUT2D eigenvalue weighted by molar-refractivity contribution is 6.07. The highest BCUT2D eigenvalue weighted by atomic mass is 16.2. The quantitative estimate of drug-likeness (QED) is 0.649. The van der Waals surface area contributed by atoms with Crippen molar-refractivity contribution in [3.63, 3.8) is 0 Å². The second kappa shape index (κ2) is 8.01. The predicted molar refractivity (Wildman–Crippen MR) is 115 cm³/mol. The van der Waals surface area contributed by atoms with Crippen molar-refractivity contribution in [2.24, 2.45) is 0 Å². The van der Waals surface area contributed by atoms with Crippen molar-refractivity contribution in [2.75, 3.05) is 18.4 Å². The number of hydrogen-bond donors (Lipinski definition) is 1. The van der Waals surface area contributed by atoms with Crippen LogP contribution < -0.4 is 5.32 Å². The Kier molecular flexibility index (Phi) is 5.29. The molecule has 0 atom stereocenters. The summed E-state index contributed by atoms with van der Waals surface area (Å²) in [5.74, 6) is 0.823. The van der Waals surface area contributed by atoms with Crippen LogP contribution in [0.3, 0.4) is 0 Å². The number of anilines is 2. The summed E-state index contributed by atoms with van der Waals surface area (Å²) in [6.07, 6.45) is 4.59. The third-order valence-electron chi connectivity index (χ3n) is 5.62. The van der Waals surface area contributed by atoms with Crippen molar-refractivity contribution >= 4 is 28.3 Å². The summed E-state index contributed by atoms with van der Waals surface area (Å²) in [5.41, 5.74) is 5.05. The molecule has 4 heteroatoms. The summed E-state index contributed by atoms with van der Waals surface area (Å²) in [6.45, 7) is 5.89. The van der Waals surface area contributed by atoms with E-state index in [4.69, 9.17) is 4.98 Å². The summed E-state index contributed by atoms with van der Waals surface area (Å²) in [4.78, 5) is 20.1. The number of amides is 1. The van der Waals surface area contributed by atoms with Crippen molar-refractivity contribution in [2.45, 2.75) is 39.5 Å². The van der Waals surface area contributed by atoms with Crippen LogP contribution in [0.5, 0.6) is 0 Å². The molecule has 1 saturated heterocycles. The monoisotopic (exact) mass is 373 g/mol. The van der Waals surface area contributed by atoms with Gasteiger partial charge in [0.15, 0.2) is 0 Å². The molecule has 28 heavy (non-hydrogen) atoms. The van der Waals surface area contributed by atoms with E-state index in [1.165, 1.54) is 24.0 Å². The van der Waals surface area contributed by atoms with Gasteiger partial charge in [0.25, 0.3) is 5.91 Å². The molecule has 1 N–H and O–H groups in total. The van der Waals surface area contributed by atoms with E-state index in [1.807, 2.05) is 35.2 Å². The van der Waals surface area contributed by atoms with Gasteiger partial charge in [-0.05, 0) is 62.1 Å². The first-order valence-corrected chi connectivity index (χ1v) is 10.2. The first-order chi connectivity index (χ1) is 13.6.